The van der Waals surface area contributed by atoms with Crippen molar-refractivity contribution >= 4 is 29.5 Å². The Morgan fingerprint density at radius 1 is 1.77 bits per heavy atom. The van der Waals surface area contributed by atoms with Crippen molar-refractivity contribution in [3.05, 3.63) is 11.6 Å². The molecule has 0 saturated heterocycles. The fraction of sp³-hybridized carbons (Fsp3) is 0.375. The summed E-state index contributed by atoms with van der Waals surface area (Å²) in [6.45, 7) is 0.474. The van der Waals surface area contributed by atoms with Crippen molar-refractivity contribution in [3.8, 4) is 0 Å². The average Bonchev–Trinajstić information content (AvgIpc) is 2.52. The van der Waals surface area contributed by atoms with Crippen LogP contribution in [-0.2, 0) is 19.1 Å². The van der Waals surface area contributed by atoms with Crippen LogP contribution in [0.15, 0.2) is 11.6 Å². The number of hydrogen-bond acceptors (Lipinski definition) is 5. The molecule has 0 N–H and O–H groups in total. The molecule has 0 fully saturated rings. The molecule has 0 aromatic rings. The van der Waals surface area contributed by atoms with Crippen molar-refractivity contribution in [2.75, 3.05) is 13.2 Å². The zero-order chi connectivity index (χ0) is 9.68. The molecule has 0 saturated carbocycles. The van der Waals surface area contributed by atoms with Crippen LogP contribution in [0.4, 0.5) is 0 Å². The molecule has 0 spiro atoms. The third-order valence-corrected chi connectivity index (χ3v) is 1.71. The highest BCUT2D eigenvalue weighted by atomic mass is 32.1. The summed E-state index contributed by atoms with van der Waals surface area (Å²) in [6, 6.07) is 0. The molecule has 0 aromatic carbocycles. The van der Waals surface area contributed by atoms with E-state index >= 15 is 0 Å². The first kappa shape index (κ1) is 9.85. The minimum atomic E-state index is -0.554. The minimum absolute atomic E-state index is 0.160. The van der Waals surface area contributed by atoms with E-state index < -0.39 is 5.97 Å². The van der Waals surface area contributed by atoms with Crippen molar-refractivity contribution < 1.29 is 19.1 Å². The van der Waals surface area contributed by atoms with Gasteiger partial charge in [-0.1, -0.05) is 12.2 Å². The predicted molar refractivity (Wildman–Crippen MR) is 48.3 cm³/mol. The number of carbonyl (C=O) groups excluding carboxylic acids is 2. The maximum atomic E-state index is 10.9. The van der Waals surface area contributed by atoms with Crippen LogP contribution in [0.5, 0.6) is 0 Å². The van der Waals surface area contributed by atoms with Crippen LogP contribution in [0.2, 0.25) is 0 Å². The molecular weight excluding hydrogens is 192 g/mol. The van der Waals surface area contributed by atoms with Gasteiger partial charge in [0.15, 0.2) is 0 Å². The lowest BCUT2D eigenvalue weighted by Crippen LogP contribution is -2.08. The zero-order valence-corrected chi connectivity index (χ0v) is 7.63. The van der Waals surface area contributed by atoms with Gasteiger partial charge in [-0.3, -0.25) is 0 Å². The molecule has 4 nitrogen and oxygen atoms in total. The highest BCUT2D eigenvalue weighted by Gasteiger charge is 2.16. The van der Waals surface area contributed by atoms with Gasteiger partial charge in [0.1, 0.15) is 6.61 Å². The number of ether oxygens (including phenoxy) is 2. The fourth-order valence-corrected chi connectivity index (χ4v) is 0.962. The molecule has 70 valence electrons. The number of carbonyl (C=O) groups is 2. The second kappa shape index (κ2) is 4.71. The Morgan fingerprint density at radius 2 is 2.54 bits per heavy atom. The number of rotatable bonds is 4. The van der Waals surface area contributed by atoms with Gasteiger partial charge >= 0.3 is 11.9 Å². The van der Waals surface area contributed by atoms with Crippen molar-refractivity contribution in [2.24, 2.45) is 0 Å². The summed E-state index contributed by atoms with van der Waals surface area (Å²) in [6.07, 6.45) is 2.06. The molecule has 1 heterocycles. The molecular formula is C8H8O4S. The van der Waals surface area contributed by atoms with Crippen LogP contribution < -0.4 is 0 Å². The highest BCUT2D eigenvalue weighted by Crippen LogP contribution is 2.10. The average molecular weight is 200 g/mol. The maximum Gasteiger partial charge on any atom is 0.341 e. The van der Waals surface area contributed by atoms with E-state index in [1.165, 1.54) is 0 Å². The second-order valence-corrected chi connectivity index (χ2v) is 2.60. The topological polar surface area (TPSA) is 52.6 Å². The number of thiocarbonyl (C=S) groups is 1. The fourth-order valence-electron chi connectivity index (χ4n) is 0.894. The molecule has 0 bridgehead atoms. The van der Waals surface area contributed by atoms with Crippen LogP contribution in [0.3, 0.4) is 0 Å². The van der Waals surface area contributed by atoms with E-state index in [2.05, 4.69) is 21.7 Å². The SMILES string of the molecule is O=C(C=S)OCCC1=CCOC1=O. The first-order chi connectivity index (χ1) is 6.24. The smallest absolute Gasteiger partial charge is 0.341 e. The summed E-state index contributed by atoms with van der Waals surface area (Å²) in [5.74, 6) is -0.889. The molecule has 0 radical (unpaired) electrons. The monoisotopic (exact) mass is 200 g/mol. The van der Waals surface area contributed by atoms with Crippen molar-refractivity contribution in [1.82, 2.24) is 0 Å². The predicted octanol–water partition coefficient (Wildman–Crippen LogP) is 0.403. The van der Waals surface area contributed by atoms with Crippen LogP contribution in [-0.4, -0.2) is 30.5 Å². The van der Waals surface area contributed by atoms with E-state index in [0.29, 0.717) is 18.6 Å². The summed E-state index contributed by atoms with van der Waals surface area (Å²) >= 11 is 4.34. The Balaban J connectivity index is 2.23. The van der Waals surface area contributed by atoms with Gasteiger partial charge in [-0.15, -0.1) is 0 Å². The Bertz CT molecular complexity index is 269. The number of cyclic esters (lactones) is 1. The van der Waals surface area contributed by atoms with Crippen molar-refractivity contribution in [2.45, 2.75) is 6.42 Å². The standard InChI is InChI=1S/C8H8O4S/c9-7(5-13)11-3-1-6-2-4-12-8(6)10/h2,5H,1,3-4H2. The molecule has 0 aliphatic carbocycles. The third-order valence-electron chi connectivity index (χ3n) is 1.52. The number of hydrogen-bond donors (Lipinski definition) is 0. The van der Waals surface area contributed by atoms with E-state index in [4.69, 9.17) is 0 Å². The summed E-state index contributed by atoms with van der Waals surface area (Å²) in [4.78, 5) is 21.4. The molecule has 1 aliphatic rings. The molecule has 0 amide bonds. The Hall–Kier alpha value is -1.23. The third kappa shape index (κ3) is 2.95. The van der Waals surface area contributed by atoms with Crippen LogP contribution in [0.25, 0.3) is 0 Å². The molecule has 13 heavy (non-hydrogen) atoms. The van der Waals surface area contributed by atoms with E-state index in [-0.39, 0.29) is 12.6 Å². The highest BCUT2D eigenvalue weighted by molar-refractivity contribution is 7.80. The lowest BCUT2D eigenvalue weighted by atomic mass is 10.2. The Morgan fingerprint density at radius 3 is 3.08 bits per heavy atom. The Labute approximate surface area is 80.5 Å². The van der Waals surface area contributed by atoms with Gasteiger partial charge in [0, 0.05) is 12.0 Å². The van der Waals surface area contributed by atoms with E-state index in [0.717, 1.165) is 5.37 Å². The van der Waals surface area contributed by atoms with E-state index in [9.17, 15) is 9.59 Å². The van der Waals surface area contributed by atoms with Gasteiger partial charge in [-0.05, 0) is 6.08 Å². The molecule has 1 rings (SSSR count). The quantitative estimate of drug-likeness (QED) is 0.485. The van der Waals surface area contributed by atoms with Gasteiger partial charge in [-0.2, -0.15) is 0 Å². The maximum absolute atomic E-state index is 10.9. The summed E-state index contributed by atoms with van der Waals surface area (Å²) in [7, 11) is 0. The lowest BCUT2D eigenvalue weighted by Gasteiger charge is -2.00. The van der Waals surface area contributed by atoms with Crippen molar-refractivity contribution in [3.63, 3.8) is 0 Å². The summed E-state index contributed by atoms with van der Waals surface area (Å²) in [5.41, 5.74) is 0.553. The van der Waals surface area contributed by atoms with Gasteiger partial charge in [0.2, 0.25) is 0 Å². The molecule has 0 aromatic heterocycles. The Kier molecular flexibility index (Phi) is 3.57. The molecule has 5 heteroatoms. The summed E-state index contributed by atoms with van der Waals surface area (Å²) < 4.78 is 9.30. The normalized spacial score (nSPS) is 14.8. The first-order valence-electron chi connectivity index (χ1n) is 3.72. The minimum Gasteiger partial charge on any atom is -0.462 e. The van der Waals surface area contributed by atoms with Gasteiger partial charge in [0.05, 0.1) is 12.0 Å². The largest absolute Gasteiger partial charge is 0.462 e. The number of esters is 2. The molecule has 0 unspecified atom stereocenters. The van der Waals surface area contributed by atoms with E-state index in [1.807, 2.05) is 0 Å². The van der Waals surface area contributed by atoms with Crippen molar-refractivity contribution in [1.29, 1.82) is 0 Å². The second-order valence-electron chi connectivity index (χ2n) is 2.36. The van der Waals surface area contributed by atoms with Crippen LogP contribution in [0, 0.1) is 0 Å². The van der Waals surface area contributed by atoms with Crippen LogP contribution in [0.1, 0.15) is 6.42 Å². The molecule has 1 aliphatic heterocycles. The van der Waals surface area contributed by atoms with Gasteiger partial charge in [-0.25, -0.2) is 9.59 Å². The summed E-state index contributed by atoms with van der Waals surface area (Å²) in [5, 5.41) is 0.918. The van der Waals surface area contributed by atoms with E-state index in [1.54, 1.807) is 6.08 Å². The van der Waals surface area contributed by atoms with Gasteiger partial charge < -0.3 is 9.47 Å². The van der Waals surface area contributed by atoms with Gasteiger partial charge in [0.25, 0.3) is 0 Å². The zero-order valence-electron chi connectivity index (χ0n) is 6.82. The van der Waals surface area contributed by atoms with Crippen LogP contribution >= 0.6 is 12.2 Å². The first-order valence-corrected chi connectivity index (χ1v) is 4.19. The molecule has 0 atom stereocenters. The lowest BCUT2D eigenvalue weighted by molar-refractivity contribution is -0.138.